The number of H-pyrrole nitrogens is 1. The molecule has 0 bridgehead atoms. The van der Waals surface area contributed by atoms with Gasteiger partial charge in [-0.05, 0) is 37.8 Å². The summed E-state index contributed by atoms with van der Waals surface area (Å²) in [5.41, 5.74) is 3.64. The van der Waals surface area contributed by atoms with Crippen LogP contribution in [0.4, 0.5) is 0 Å². The van der Waals surface area contributed by atoms with Crippen LogP contribution in [0, 0.1) is 0 Å². The van der Waals surface area contributed by atoms with Gasteiger partial charge in [0.25, 0.3) is 0 Å². The number of carbonyl (C=O) groups excluding carboxylic acids is 2. The molecule has 0 fully saturated rings. The molecule has 1 aromatic heterocycles. The average Bonchev–Trinajstić information content (AvgIpc) is 3.02. The van der Waals surface area contributed by atoms with Crippen LogP contribution in [0.1, 0.15) is 37.4 Å². The van der Waals surface area contributed by atoms with Crippen molar-refractivity contribution in [3.63, 3.8) is 0 Å². The molecular formula is C20H26N2O4. The molecule has 1 aromatic carbocycles. The Morgan fingerprint density at radius 3 is 2.92 bits per heavy atom. The fraction of sp³-hybridized carbons (Fsp3) is 0.500. The lowest BCUT2D eigenvalue weighted by Crippen LogP contribution is -2.35. The van der Waals surface area contributed by atoms with Gasteiger partial charge in [-0.3, -0.25) is 4.79 Å². The minimum Gasteiger partial charge on any atom is -0.464 e. The molecule has 140 valence electrons. The molecule has 1 aliphatic rings. The lowest BCUT2D eigenvalue weighted by molar-refractivity contribution is -0.148. The van der Waals surface area contributed by atoms with Crippen molar-refractivity contribution in [1.29, 1.82) is 0 Å². The first-order valence-electron chi connectivity index (χ1n) is 9.28. The third kappa shape index (κ3) is 4.43. The first-order chi connectivity index (χ1) is 12.7. The Balaban J connectivity index is 1.40. The number of carbonyl (C=O) groups is 2. The van der Waals surface area contributed by atoms with Crippen molar-refractivity contribution < 1.29 is 19.1 Å². The molecule has 0 saturated heterocycles. The third-order valence-corrected chi connectivity index (χ3v) is 4.69. The fourth-order valence-electron chi connectivity index (χ4n) is 3.40. The van der Waals surface area contributed by atoms with Gasteiger partial charge in [0.05, 0.1) is 13.2 Å². The van der Waals surface area contributed by atoms with Gasteiger partial charge in [-0.25, -0.2) is 4.79 Å². The highest BCUT2D eigenvalue weighted by atomic mass is 16.6. The molecule has 6 heteroatoms. The van der Waals surface area contributed by atoms with Crippen molar-refractivity contribution in [3.8, 4) is 0 Å². The van der Waals surface area contributed by atoms with Crippen LogP contribution in [0.3, 0.4) is 0 Å². The van der Waals surface area contributed by atoms with Crippen molar-refractivity contribution in [2.24, 2.45) is 0 Å². The predicted molar refractivity (Wildman–Crippen MR) is 98.7 cm³/mol. The second-order valence-corrected chi connectivity index (χ2v) is 6.51. The quantitative estimate of drug-likeness (QED) is 0.582. The minimum absolute atomic E-state index is 0.0168. The summed E-state index contributed by atoms with van der Waals surface area (Å²) in [7, 11) is 0. The van der Waals surface area contributed by atoms with E-state index in [1.165, 1.54) is 10.9 Å². The molecule has 0 unspecified atom stereocenters. The van der Waals surface area contributed by atoms with Gasteiger partial charge in [-0.1, -0.05) is 18.2 Å². The Kier molecular flexibility index (Phi) is 6.28. The molecule has 3 rings (SSSR count). The van der Waals surface area contributed by atoms with Crippen LogP contribution < -0.4 is 0 Å². The van der Waals surface area contributed by atoms with Gasteiger partial charge < -0.3 is 19.4 Å². The molecule has 2 aromatic rings. The van der Waals surface area contributed by atoms with Crippen LogP contribution in [0.15, 0.2) is 24.3 Å². The molecule has 1 N–H and O–H groups in total. The standard InChI is InChI=1S/C20H26N2O4/c1-2-26-20(24)14-25-12-6-5-9-19(23)22-11-10-16-15-7-3-4-8-17(15)21-18(16)13-22/h3-4,7-8,21H,2,5-6,9-14H2,1H3. The number of nitrogens with one attached hydrogen (secondary N) is 1. The number of aromatic amines is 1. The Morgan fingerprint density at radius 2 is 2.08 bits per heavy atom. The zero-order valence-electron chi connectivity index (χ0n) is 15.3. The number of esters is 1. The summed E-state index contributed by atoms with van der Waals surface area (Å²) in [5, 5.41) is 1.27. The highest BCUT2D eigenvalue weighted by Gasteiger charge is 2.23. The number of ether oxygens (including phenoxy) is 2. The second-order valence-electron chi connectivity index (χ2n) is 6.51. The van der Waals surface area contributed by atoms with E-state index in [0.29, 0.717) is 26.2 Å². The molecule has 0 atom stereocenters. The number of fused-ring (bicyclic) bond motifs is 3. The molecule has 0 aliphatic carbocycles. The van der Waals surface area contributed by atoms with Gasteiger partial charge in [-0.2, -0.15) is 0 Å². The maximum atomic E-state index is 12.4. The van der Waals surface area contributed by atoms with Crippen LogP contribution in [0.5, 0.6) is 0 Å². The molecule has 0 radical (unpaired) electrons. The van der Waals surface area contributed by atoms with Crippen molar-refractivity contribution >= 4 is 22.8 Å². The number of amides is 1. The van der Waals surface area contributed by atoms with E-state index in [9.17, 15) is 9.59 Å². The normalized spacial score (nSPS) is 13.7. The Morgan fingerprint density at radius 1 is 1.23 bits per heavy atom. The van der Waals surface area contributed by atoms with Crippen LogP contribution in [-0.4, -0.2) is 48.1 Å². The predicted octanol–water partition coefficient (Wildman–Crippen LogP) is 2.80. The monoisotopic (exact) mass is 358 g/mol. The molecule has 1 amide bonds. The van der Waals surface area contributed by atoms with E-state index >= 15 is 0 Å². The fourth-order valence-corrected chi connectivity index (χ4v) is 3.40. The summed E-state index contributed by atoms with van der Waals surface area (Å²) in [6.07, 6.45) is 2.93. The maximum Gasteiger partial charge on any atom is 0.332 e. The molecule has 1 aliphatic heterocycles. The number of hydrogen-bond acceptors (Lipinski definition) is 4. The number of benzene rings is 1. The Labute approximate surface area is 153 Å². The van der Waals surface area contributed by atoms with E-state index in [0.717, 1.165) is 37.0 Å². The molecule has 0 spiro atoms. The zero-order chi connectivity index (χ0) is 18.4. The van der Waals surface area contributed by atoms with Crippen molar-refractivity contribution in [3.05, 3.63) is 35.5 Å². The summed E-state index contributed by atoms with van der Waals surface area (Å²) in [4.78, 5) is 29.0. The van der Waals surface area contributed by atoms with Gasteiger partial charge in [0.1, 0.15) is 6.61 Å². The van der Waals surface area contributed by atoms with E-state index in [1.807, 2.05) is 11.0 Å². The van der Waals surface area contributed by atoms with Crippen LogP contribution >= 0.6 is 0 Å². The highest BCUT2D eigenvalue weighted by molar-refractivity contribution is 5.85. The van der Waals surface area contributed by atoms with Gasteiger partial charge in [0.15, 0.2) is 0 Å². The third-order valence-electron chi connectivity index (χ3n) is 4.69. The van der Waals surface area contributed by atoms with E-state index < -0.39 is 0 Å². The summed E-state index contributed by atoms with van der Waals surface area (Å²) < 4.78 is 10.0. The maximum absolute atomic E-state index is 12.4. The van der Waals surface area contributed by atoms with Crippen LogP contribution in [0.25, 0.3) is 10.9 Å². The van der Waals surface area contributed by atoms with Crippen LogP contribution in [0.2, 0.25) is 0 Å². The Hall–Kier alpha value is -2.34. The highest BCUT2D eigenvalue weighted by Crippen LogP contribution is 2.27. The minimum atomic E-state index is -0.342. The van der Waals surface area contributed by atoms with Crippen molar-refractivity contribution in [1.82, 2.24) is 9.88 Å². The lowest BCUT2D eigenvalue weighted by atomic mass is 10.0. The van der Waals surface area contributed by atoms with Gasteiger partial charge in [-0.15, -0.1) is 0 Å². The number of para-hydroxylation sites is 1. The zero-order valence-corrected chi connectivity index (χ0v) is 15.3. The van der Waals surface area contributed by atoms with Crippen molar-refractivity contribution in [2.45, 2.75) is 39.2 Å². The topological polar surface area (TPSA) is 71.6 Å². The number of hydrogen-bond donors (Lipinski definition) is 1. The van der Waals surface area contributed by atoms with Crippen molar-refractivity contribution in [2.75, 3.05) is 26.4 Å². The van der Waals surface area contributed by atoms with E-state index in [1.54, 1.807) is 6.92 Å². The molecule has 2 heterocycles. The van der Waals surface area contributed by atoms with Crippen LogP contribution in [-0.2, 0) is 32.0 Å². The Bertz CT molecular complexity index is 768. The molecule has 0 saturated carbocycles. The SMILES string of the molecule is CCOC(=O)COCCCCC(=O)N1CCc2c([nH]c3ccccc23)C1. The first kappa shape index (κ1) is 18.5. The number of rotatable bonds is 8. The number of unbranched alkanes of at least 4 members (excludes halogenated alkanes) is 1. The second kappa shape index (κ2) is 8.85. The van der Waals surface area contributed by atoms with E-state index in [2.05, 4.69) is 23.2 Å². The first-order valence-corrected chi connectivity index (χ1v) is 9.28. The van der Waals surface area contributed by atoms with Gasteiger partial charge in [0.2, 0.25) is 5.91 Å². The molecular weight excluding hydrogens is 332 g/mol. The lowest BCUT2D eigenvalue weighted by Gasteiger charge is -2.27. The summed E-state index contributed by atoms with van der Waals surface area (Å²) in [6.45, 7) is 4.01. The molecule has 26 heavy (non-hydrogen) atoms. The average molecular weight is 358 g/mol. The van der Waals surface area contributed by atoms with Gasteiger partial charge in [0, 0.05) is 36.2 Å². The summed E-state index contributed by atoms with van der Waals surface area (Å²) in [5.74, 6) is -0.161. The smallest absolute Gasteiger partial charge is 0.332 e. The molecule has 6 nitrogen and oxygen atoms in total. The summed E-state index contributed by atoms with van der Waals surface area (Å²) in [6, 6.07) is 8.30. The van der Waals surface area contributed by atoms with E-state index in [4.69, 9.17) is 9.47 Å². The number of aromatic nitrogens is 1. The summed E-state index contributed by atoms with van der Waals surface area (Å²) >= 11 is 0. The number of nitrogens with zero attached hydrogens (tertiary/aromatic N) is 1. The largest absolute Gasteiger partial charge is 0.464 e. The van der Waals surface area contributed by atoms with E-state index in [-0.39, 0.29) is 18.5 Å². The van der Waals surface area contributed by atoms with Gasteiger partial charge >= 0.3 is 5.97 Å².